The second kappa shape index (κ2) is 5.08. The van der Waals surface area contributed by atoms with Crippen molar-refractivity contribution in [2.24, 2.45) is 0 Å². The Kier molecular flexibility index (Phi) is 3.91. The summed E-state index contributed by atoms with van der Waals surface area (Å²) in [7, 11) is -1.87. The summed E-state index contributed by atoms with van der Waals surface area (Å²) in [6.45, 7) is 10.9. The Hall–Kier alpha value is -0.993. The molecule has 0 bridgehead atoms. The van der Waals surface area contributed by atoms with Crippen LogP contribution in [0.2, 0.25) is 18.1 Å². The Morgan fingerprint density at radius 3 is 2.35 bits per heavy atom. The predicted octanol–water partition coefficient (Wildman–Crippen LogP) is 4.68. The molecule has 1 aromatic carbocycles. The van der Waals surface area contributed by atoms with Gasteiger partial charge in [-0.3, -0.25) is 0 Å². The maximum atomic E-state index is 10.8. The quantitative estimate of drug-likeness (QED) is 0.786. The van der Waals surface area contributed by atoms with Gasteiger partial charge in [-0.1, -0.05) is 68.9 Å². The third-order valence-electron chi connectivity index (χ3n) is 4.13. The van der Waals surface area contributed by atoms with Crippen LogP contribution in [0.15, 0.2) is 35.6 Å². The first kappa shape index (κ1) is 15.4. The van der Waals surface area contributed by atoms with Gasteiger partial charge in [-0.05, 0) is 29.2 Å². The zero-order chi connectivity index (χ0) is 15.1. The van der Waals surface area contributed by atoms with Gasteiger partial charge in [0, 0.05) is 10.6 Å². The third-order valence-corrected chi connectivity index (χ3v) is 8.05. The maximum absolute atomic E-state index is 10.8. The van der Waals surface area contributed by atoms with Crippen molar-refractivity contribution in [3.63, 3.8) is 0 Å². The van der Waals surface area contributed by atoms with E-state index >= 15 is 0 Å². The van der Waals surface area contributed by atoms with Crippen LogP contribution < -0.4 is 5.19 Å². The first-order valence-electron chi connectivity index (χ1n) is 7.03. The van der Waals surface area contributed by atoms with Gasteiger partial charge in [0.2, 0.25) is 0 Å². The number of aromatic hydroxyl groups is 1. The van der Waals surface area contributed by atoms with E-state index < -0.39 is 8.07 Å². The Labute approximate surface area is 128 Å². The lowest BCUT2D eigenvalue weighted by molar-refractivity contribution is 0.450. The van der Waals surface area contributed by atoms with Crippen LogP contribution in [0, 0.1) is 0 Å². The summed E-state index contributed by atoms with van der Waals surface area (Å²) in [6, 6.07) is 3.85. The third kappa shape index (κ3) is 2.72. The molecule has 1 nitrogen and oxygen atoms in total. The van der Waals surface area contributed by atoms with Gasteiger partial charge in [0.25, 0.3) is 0 Å². The van der Waals surface area contributed by atoms with Crippen LogP contribution in [0.3, 0.4) is 0 Å². The first-order chi connectivity index (χ1) is 9.14. The lowest BCUT2D eigenvalue weighted by atomic mass is 9.86. The number of halogens is 1. The average Bonchev–Trinajstić information content (AvgIpc) is 2.84. The number of allylic oxidation sites excluding steroid dienone is 4. The van der Waals surface area contributed by atoms with Crippen LogP contribution >= 0.6 is 11.6 Å². The summed E-state index contributed by atoms with van der Waals surface area (Å²) >= 11 is 6.32. The summed E-state index contributed by atoms with van der Waals surface area (Å²) < 4.78 is 0. The number of hydrogen-bond donors (Lipinski definition) is 1. The van der Waals surface area contributed by atoms with Gasteiger partial charge >= 0.3 is 0 Å². The summed E-state index contributed by atoms with van der Waals surface area (Å²) in [6.07, 6.45) is 7.48. The molecule has 20 heavy (non-hydrogen) atoms. The molecule has 3 heteroatoms. The molecule has 0 spiro atoms. The van der Waals surface area contributed by atoms with Crippen LogP contribution in [-0.2, 0) is 5.41 Å². The minimum Gasteiger partial charge on any atom is -0.508 e. The molecule has 0 unspecified atom stereocenters. The topological polar surface area (TPSA) is 20.2 Å². The van der Waals surface area contributed by atoms with Gasteiger partial charge in [-0.15, -0.1) is 0 Å². The molecule has 0 aromatic heterocycles. The molecule has 1 N–H and O–H groups in total. The fourth-order valence-corrected chi connectivity index (χ4v) is 5.77. The second-order valence-electron chi connectivity index (χ2n) is 7.05. The van der Waals surface area contributed by atoms with Crippen molar-refractivity contribution in [3.8, 4) is 5.75 Å². The van der Waals surface area contributed by atoms with Crippen LogP contribution in [0.4, 0.5) is 0 Å². The number of benzene rings is 1. The molecule has 1 aliphatic rings. The number of phenols is 1. The monoisotopic (exact) mass is 306 g/mol. The van der Waals surface area contributed by atoms with Crippen molar-refractivity contribution >= 4 is 24.9 Å². The van der Waals surface area contributed by atoms with E-state index in [1.54, 1.807) is 0 Å². The van der Waals surface area contributed by atoms with Crippen LogP contribution in [-0.4, -0.2) is 13.2 Å². The molecule has 0 aliphatic heterocycles. The maximum Gasteiger partial charge on any atom is 0.119 e. The van der Waals surface area contributed by atoms with Crippen LogP contribution in [0.1, 0.15) is 32.8 Å². The van der Waals surface area contributed by atoms with E-state index in [1.807, 2.05) is 12.1 Å². The minimum atomic E-state index is -1.87. The zero-order valence-electron chi connectivity index (χ0n) is 12.9. The fraction of sp³-hybridized carbons (Fsp3) is 0.412. The van der Waals surface area contributed by atoms with Gasteiger partial charge in [0.1, 0.15) is 13.8 Å². The highest BCUT2D eigenvalue weighted by Gasteiger charge is 2.33. The van der Waals surface area contributed by atoms with E-state index in [9.17, 15) is 5.11 Å². The first-order valence-corrected chi connectivity index (χ1v) is 10.4. The van der Waals surface area contributed by atoms with Crippen molar-refractivity contribution in [3.05, 3.63) is 46.1 Å². The van der Waals surface area contributed by atoms with Gasteiger partial charge in [-0.2, -0.15) is 0 Å². The molecule has 0 fully saturated rings. The normalized spacial score (nSPS) is 15.6. The molecule has 0 amide bonds. The standard InChI is InChI=1S/C17H23ClOSi/c1-17(2,3)14-10-12(18)11-15(16(14)19)20(4,5)13-8-6-7-9-13/h6-8,10-11,19H,9H2,1-5H3. The Morgan fingerprint density at radius 1 is 1.20 bits per heavy atom. The fourth-order valence-electron chi connectivity index (χ4n) is 2.73. The number of rotatable bonds is 2. The molecule has 108 valence electrons. The lowest BCUT2D eigenvalue weighted by Crippen LogP contribution is -2.44. The Balaban J connectivity index is 2.60. The van der Waals surface area contributed by atoms with Crippen molar-refractivity contribution in [2.45, 2.75) is 45.7 Å². The molecule has 2 rings (SSSR count). The highest BCUT2D eigenvalue weighted by atomic mass is 35.5. The highest BCUT2D eigenvalue weighted by Crippen LogP contribution is 2.35. The molecule has 1 aromatic rings. The summed E-state index contributed by atoms with van der Waals surface area (Å²) in [5.41, 5.74) is 0.823. The summed E-state index contributed by atoms with van der Waals surface area (Å²) in [5, 5.41) is 14.0. The molecule has 0 radical (unpaired) electrons. The molecule has 0 atom stereocenters. The van der Waals surface area contributed by atoms with E-state index in [0.717, 1.165) is 22.2 Å². The van der Waals surface area contributed by atoms with Gasteiger partial charge in [0.05, 0.1) is 0 Å². The number of hydrogen-bond acceptors (Lipinski definition) is 1. The van der Waals surface area contributed by atoms with Crippen molar-refractivity contribution in [2.75, 3.05) is 0 Å². The molecule has 1 aliphatic carbocycles. The van der Waals surface area contributed by atoms with Crippen LogP contribution in [0.25, 0.3) is 0 Å². The van der Waals surface area contributed by atoms with Gasteiger partial charge < -0.3 is 5.11 Å². The van der Waals surface area contributed by atoms with Crippen LogP contribution in [0.5, 0.6) is 5.75 Å². The molecular weight excluding hydrogens is 284 g/mol. The largest absolute Gasteiger partial charge is 0.508 e. The molecule has 0 saturated carbocycles. The summed E-state index contributed by atoms with van der Waals surface area (Å²) in [4.78, 5) is 0. The second-order valence-corrected chi connectivity index (χ2v) is 11.9. The van der Waals surface area contributed by atoms with Crippen molar-refractivity contribution in [1.29, 1.82) is 0 Å². The smallest absolute Gasteiger partial charge is 0.119 e. The molecule has 0 heterocycles. The predicted molar refractivity (Wildman–Crippen MR) is 90.8 cm³/mol. The van der Waals surface area contributed by atoms with E-state index in [-0.39, 0.29) is 5.41 Å². The average molecular weight is 307 g/mol. The van der Waals surface area contributed by atoms with E-state index in [0.29, 0.717) is 5.75 Å². The number of phenolic OH excluding ortho intramolecular Hbond substituents is 1. The SMILES string of the molecule is CC(C)(C)c1cc(Cl)cc([Si](C)(C)C2=CC=CC2)c1O. The lowest BCUT2D eigenvalue weighted by Gasteiger charge is -2.30. The Morgan fingerprint density at radius 2 is 1.85 bits per heavy atom. The zero-order valence-corrected chi connectivity index (χ0v) is 14.7. The van der Waals surface area contributed by atoms with Crippen molar-refractivity contribution in [1.82, 2.24) is 0 Å². The van der Waals surface area contributed by atoms with Gasteiger partial charge in [-0.25, -0.2) is 0 Å². The minimum absolute atomic E-state index is 0.115. The van der Waals surface area contributed by atoms with Crippen molar-refractivity contribution < 1.29 is 5.11 Å². The van der Waals surface area contributed by atoms with Gasteiger partial charge in [0.15, 0.2) is 0 Å². The molecular formula is C17H23ClOSi. The van der Waals surface area contributed by atoms with E-state index in [1.165, 1.54) is 5.20 Å². The van der Waals surface area contributed by atoms with E-state index in [4.69, 9.17) is 11.6 Å². The van der Waals surface area contributed by atoms with E-state index in [2.05, 4.69) is 52.1 Å². The highest BCUT2D eigenvalue weighted by molar-refractivity contribution is 6.96. The Bertz CT molecular complexity index is 592. The summed E-state index contributed by atoms with van der Waals surface area (Å²) in [5.74, 6) is 0.436. The molecule has 0 saturated heterocycles.